The predicted octanol–water partition coefficient (Wildman–Crippen LogP) is 1.74. The van der Waals surface area contributed by atoms with Crippen molar-refractivity contribution in [2.75, 3.05) is 20.1 Å². The van der Waals surface area contributed by atoms with E-state index in [4.69, 9.17) is 5.73 Å². The first-order valence-corrected chi connectivity index (χ1v) is 5.88. The van der Waals surface area contributed by atoms with Crippen molar-refractivity contribution in [2.45, 2.75) is 33.9 Å². The SMILES string of the molecule is CCn1nccc1CN(C)CC(C)(C)CN.Cl. The van der Waals surface area contributed by atoms with Crippen LogP contribution in [0.25, 0.3) is 0 Å². The standard InChI is InChI=1S/C12H24N4.ClH/c1-5-16-11(6-7-14-16)8-15(4)10-12(2,3)9-13;/h6-7H,5,8-10,13H2,1-4H3;1H. The van der Waals surface area contributed by atoms with Crippen LogP contribution in [0.1, 0.15) is 26.5 Å². The number of nitrogens with two attached hydrogens (primary N) is 1. The largest absolute Gasteiger partial charge is 0.330 e. The van der Waals surface area contributed by atoms with Gasteiger partial charge in [-0.1, -0.05) is 13.8 Å². The summed E-state index contributed by atoms with van der Waals surface area (Å²) in [4.78, 5) is 2.30. The van der Waals surface area contributed by atoms with Crippen LogP contribution in [0, 0.1) is 5.41 Å². The van der Waals surface area contributed by atoms with Crippen LogP contribution >= 0.6 is 12.4 Å². The van der Waals surface area contributed by atoms with Crippen molar-refractivity contribution in [3.8, 4) is 0 Å². The molecule has 0 aromatic carbocycles. The van der Waals surface area contributed by atoms with Crippen LogP contribution in [0.3, 0.4) is 0 Å². The van der Waals surface area contributed by atoms with Crippen molar-refractivity contribution in [1.82, 2.24) is 14.7 Å². The zero-order chi connectivity index (χ0) is 12.2. The molecule has 1 heterocycles. The number of hydrogen-bond donors (Lipinski definition) is 1. The maximum atomic E-state index is 5.74. The van der Waals surface area contributed by atoms with Crippen molar-refractivity contribution in [1.29, 1.82) is 0 Å². The lowest BCUT2D eigenvalue weighted by atomic mass is 9.93. The van der Waals surface area contributed by atoms with Gasteiger partial charge >= 0.3 is 0 Å². The minimum absolute atomic E-state index is 0. The van der Waals surface area contributed by atoms with E-state index in [9.17, 15) is 0 Å². The van der Waals surface area contributed by atoms with E-state index >= 15 is 0 Å². The first-order chi connectivity index (χ1) is 7.48. The van der Waals surface area contributed by atoms with Gasteiger partial charge in [-0.3, -0.25) is 9.58 Å². The Morgan fingerprint density at radius 3 is 2.65 bits per heavy atom. The summed E-state index contributed by atoms with van der Waals surface area (Å²) in [6.07, 6.45) is 1.86. The summed E-state index contributed by atoms with van der Waals surface area (Å²) in [6.45, 7) is 10.1. The highest BCUT2D eigenvalue weighted by molar-refractivity contribution is 5.85. The van der Waals surface area contributed by atoms with Crippen LogP contribution in [-0.4, -0.2) is 34.8 Å². The minimum atomic E-state index is 0. The second-order valence-electron chi connectivity index (χ2n) is 5.18. The predicted molar refractivity (Wildman–Crippen MR) is 74.3 cm³/mol. The molecule has 0 amide bonds. The van der Waals surface area contributed by atoms with Gasteiger partial charge in [0.05, 0.1) is 5.69 Å². The van der Waals surface area contributed by atoms with E-state index in [0.29, 0.717) is 6.54 Å². The van der Waals surface area contributed by atoms with Crippen LogP contribution in [0.4, 0.5) is 0 Å². The Bertz CT molecular complexity index is 322. The number of aromatic nitrogens is 2. The zero-order valence-corrected chi connectivity index (χ0v) is 12.1. The smallest absolute Gasteiger partial charge is 0.0524 e. The van der Waals surface area contributed by atoms with Gasteiger partial charge in [-0.15, -0.1) is 12.4 Å². The van der Waals surface area contributed by atoms with Crippen LogP contribution in [-0.2, 0) is 13.1 Å². The summed E-state index contributed by atoms with van der Waals surface area (Å²) in [5.41, 5.74) is 7.17. The Balaban J connectivity index is 0.00000256. The summed E-state index contributed by atoms with van der Waals surface area (Å²) in [5.74, 6) is 0. The van der Waals surface area contributed by atoms with Crippen molar-refractivity contribution in [3.63, 3.8) is 0 Å². The van der Waals surface area contributed by atoms with Crippen molar-refractivity contribution >= 4 is 12.4 Å². The molecule has 4 nitrogen and oxygen atoms in total. The van der Waals surface area contributed by atoms with Gasteiger partial charge in [-0.25, -0.2) is 0 Å². The number of aryl methyl sites for hydroxylation is 1. The molecule has 1 aromatic rings. The van der Waals surface area contributed by atoms with Gasteiger partial charge < -0.3 is 5.73 Å². The molecule has 0 bridgehead atoms. The normalized spacial score (nSPS) is 11.6. The molecule has 100 valence electrons. The summed E-state index contributed by atoms with van der Waals surface area (Å²) < 4.78 is 2.03. The third-order valence-electron chi connectivity index (χ3n) is 2.79. The maximum absolute atomic E-state index is 5.74. The van der Waals surface area contributed by atoms with E-state index < -0.39 is 0 Å². The maximum Gasteiger partial charge on any atom is 0.0524 e. The average Bonchev–Trinajstić information content (AvgIpc) is 2.64. The lowest BCUT2D eigenvalue weighted by Crippen LogP contribution is -2.36. The van der Waals surface area contributed by atoms with Gasteiger partial charge in [0.25, 0.3) is 0 Å². The Hall–Kier alpha value is -0.580. The topological polar surface area (TPSA) is 47.1 Å². The highest BCUT2D eigenvalue weighted by Crippen LogP contribution is 2.15. The molecule has 0 spiro atoms. The summed E-state index contributed by atoms with van der Waals surface area (Å²) in [5, 5.41) is 4.27. The molecule has 0 unspecified atom stereocenters. The molecule has 5 heteroatoms. The zero-order valence-electron chi connectivity index (χ0n) is 11.3. The van der Waals surface area contributed by atoms with E-state index in [-0.39, 0.29) is 17.8 Å². The first kappa shape index (κ1) is 16.4. The third-order valence-corrected chi connectivity index (χ3v) is 2.79. The fraction of sp³-hybridized carbons (Fsp3) is 0.750. The lowest BCUT2D eigenvalue weighted by Gasteiger charge is -2.29. The molecule has 0 radical (unpaired) electrons. The Labute approximate surface area is 111 Å². The van der Waals surface area contributed by atoms with Gasteiger partial charge in [-0.2, -0.15) is 5.10 Å². The molecular weight excluding hydrogens is 236 g/mol. The van der Waals surface area contributed by atoms with Gasteiger partial charge in [0.15, 0.2) is 0 Å². The lowest BCUT2D eigenvalue weighted by molar-refractivity contribution is 0.205. The van der Waals surface area contributed by atoms with Gasteiger partial charge in [-0.05, 0) is 32.0 Å². The van der Waals surface area contributed by atoms with E-state index in [1.54, 1.807) is 0 Å². The molecule has 1 rings (SSSR count). The molecule has 0 fully saturated rings. The number of hydrogen-bond acceptors (Lipinski definition) is 3. The summed E-state index contributed by atoms with van der Waals surface area (Å²) in [7, 11) is 2.13. The fourth-order valence-corrected chi connectivity index (χ4v) is 1.91. The molecule has 0 saturated carbocycles. The molecule has 0 aliphatic rings. The summed E-state index contributed by atoms with van der Waals surface area (Å²) >= 11 is 0. The molecule has 0 aliphatic heterocycles. The van der Waals surface area contributed by atoms with Gasteiger partial charge in [0, 0.05) is 25.8 Å². The van der Waals surface area contributed by atoms with Crippen LogP contribution in [0.2, 0.25) is 0 Å². The Morgan fingerprint density at radius 2 is 2.12 bits per heavy atom. The van der Waals surface area contributed by atoms with E-state index in [1.807, 2.05) is 10.9 Å². The monoisotopic (exact) mass is 260 g/mol. The Morgan fingerprint density at radius 1 is 1.47 bits per heavy atom. The van der Waals surface area contributed by atoms with Crippen LogP contribution < -0.4 is 5.73 Å². The molecule has 17 heavy (non-hydrogen) atoms. The highest BCUT2D eigenvalue weighted by Gasteiger charge is 2.18. The molecule has 1 aromatic heterocycles. The van der Waals surface area contributed by atoms with Crippen LogP contribution in [0.5, 0.6) is 0 Å². The van der Waals surface area contributed by atoms with Gasteiger partial charge in [0.2, 0.25) is 0 Å². The molecular formula is C12H25ClN4. The van der Waals surface area contributed by atoms with E-state index in [2.05, 4.69) is 43.9 Å². The van der Waals surface area contributed by atoms with Gasteiger partial charge in [0.1, 0.15) is 0 Å². The minimum Gasteiger partial charge on any atom is -0.330 e. The quantitative estimate of drug-likeness (QED) is 0.848. The number of rotatable bonds is 6. The molecule has 0 atom stereocenters. The molecule has 2 N–H and O–H groups in total. The average molecular weight is 261 g/mol. The Kier molecular flexibility index (Phi) is 6.75. The van der Waals surface area contributed by atoms with Crippen molar-refractivity contribution in [3.05, 3.63) is 18.0 Å². The first-order valence-electron chi connectivity index (χ1n) is 5.88. The number of nitrogens with zero attached hydrogens (tertiary/aromatic N) is 3. The summed E-state index contributed by atoms with van der Waals surface area (Å²) in [6, 6.07) is 2.08. The van der Waals surface area contributed by atoms with Crippen LogP contribution in [0.15, 0.2) is 12.3 Å². The second-order valence-corrected chi connectivity index (χ2v) is 5.18. The fourth-order valence-electron chi connectivity index (χ4n) is 1.91. The van der Waals surface area contributed by atoms with E-state index in [0.717, 1.165) is 19.6 Å². The molecule has 0 saturated heterocycles. The molecule has 0 aliphatic carbocycles. The highest BCUT2D eigenvalue weighted by atomic mass is 35.5. The number of halogens is 1. The second kappa shape index (κ2) is 6.99. The third kappa shape index (κ3) is 5.06. The van der Waals surface area contributed by atoms with E-state index in [1.165, 1.54) is 5.69 Å². The van der Waals surface area contributed by atoms with Crippen molar-refractivity contribution in [2.24, 2.45) is 11.1 Å². The van der Waals surface area contributed by atoms with Crippen molar-refractivity contribution < 1.29 is 0 Å².